The molecule has 1 aromatic heterocycles. The highest BCUT2D eigenvalue weighted by Gasteiger charge is 2.25. The van der Waals surface area contributed by atoms with Crippen molar-refractivity contribution >= 4 is 82.7 Å². The van der Waals surface area contributed by atoms with E-state index >= 15 is 0 Å². The largest absolute Gasteiger partial charge is 0.453 e. The molecule has 4 nitrogen and oxygen atoms in total. The van der Waals surface area contributed by atoms with E-state index in [1.54, 1.807) is 0 Å². The quantitative estimate of drug-likeness (QED) is 0.133. The summed E-state index contributed by atoms with van der Waals surface area (Å²) < 4.78 is 7.00. The second-order valence-electron chi connectivity index (χ2n) is 14.3. The fourth-order valence-corrected chi connectivity index (χ4v) is 8.73. The van der Waals surface area contributed by atoms with Crippen LogP contribution in [0.15, 0.2) is 162 Å². The van der Waals surface area contributed by atoms with Gasteiger partial charge in [-0.05, 0) is 88.8 Å². The molecule has 0 saturated heterocycles. The van der Waals surface area contributed by atoms with Crippen LogP contribution in [-0.2, 0) is 0 Å². The predicted molar refractivity (Wildman–Crippen MR) is 227 cm³/mol. The molecule has 0 atom stereocenters. The molecule has 0 aliphatic heterocycles. The van der Waals surface area contributed by atoms with Crippen LogP contribution in [0.5, 0.6) is 0 Å². The number of para-hydroxylation sites is 4. The molecule has 0 amide bonds. The second kappa shape index (κ2) is 12.5. The summed E-state index contributed by atoms with van der Waals surface area (Å²) in [5.41, 5.74) is 12.5. The van der Waals surface area contributed by atoms with Crippen molar-refractivity contribution in [2.24, 2.45) is 0 Å². The van der Waals surface area contributed by atoms with Crippen LogP contribution < -0.4 is 9.80 Å². The molecule has 0 unspecified atom stereocenters. The van der Waals surface area contributed by atoms with Crippen LogP contribution in [0.25, 0.3) is 65.4 Å². The fraction of sp³-hybridized carbons (Fsp3) is 0.0800. The van der Waals surface area contributed by atoms with Gasteiger partial charge in [0.1, 0.15) is 12.3 Å². The number of aliphatic hydroxyl groups excluding tert-OH is 1. The lowest BCUT2D eigenvalue weighted by atomic mass is 9.91. The van der Waals surface area contributed by atoms with E-state index in [2.05, 4.69) is 177 Å². The average Bonchev–Trinajstić information content (AvgIpc) is 3.60. The van der Waals surface area contributed by atoms with Crippen molar-refractivity contribution in [3.8, 4) is 11.1 Å². The number of furan rings is 1. The highest BCUT2D eigenvalue weighted by molar-refractivity contribution is 6.28. The van der Waals surface area contributed by atoms with Crippen LogP contribution in [0.3, 0.4) is 0 Å². The van der Waals surface area contributed by atoms with Crippen LogP contribution in [0.2, 0.25) is 0 Å². The molecule has 1 N–H and O–H groups in total. The summed E-state index contributed by atoms with van der Waals surface area (Å²) in [7, 11) is 0. The van der Waals surface area contributed by atoms with E-state index in [0.29, 0.717) is 0 Å². The Morgan fingerprint density at radius 1 is 0.444 bits per heavy atom. The molecule has 4 heteroatoms. The zero-order valence-corrected chi connectivity index (χ0v) is 30.5. The minimum atomic E-state index is -0.129. The van der Waals surface area contributed by atoms with Gasteiger partial charge in [-0.3, -0.25) is 0 Å². The molecule has 0 fully saturated rings. The third-order valence-corrected chi connectivity index (χ3v) is 11.2. The Morgan fingerprint density at radius 2 is 1.00 bits per heavy atom. The van der Waals surface area contributed by atoms with Crippen molar-refractivity contribution in [2.45, 2.75) is 20.8 Å². The summed E-state index contributed by atoms with van der Waals surface area (Å²) in [6, 6.07) is 56.1. The van der Waals surface area contributed by atoms with E-state index in [1.807, 2.05) is 11.0 Å². The van der Waals surface area contributed by atoms with Gasteiger partial charge in [-0.25, -0.2) is 0 Å². The number of hydrogen-bond acceptors (Lipinski definition) is 4. The van der Waals surface area contributed by atoms with Gasteiger partial charge in [0.05, 0.1) is 17.1 Å². The average molecular weight is 699 g/mol. The van der Waals surface area contributed by atoms with Gasteiger partial charge in [0.15, 0.2) is 5.58 Å². The first-order valence-electron chi connectivity index (χ1n) is 18.5. The number of anilines is 5. The Hall–Kier alpha value is -6.62. The number of aliphatic hydroxyl groups is 1. The summed E-state index contributed by atoms with van der Waals surface area (Å²) in [5, 5.41) is 20.1. The molecule has 1 heterocycles. The maximum absolute atomic E-state index is 10.9. The zero-order chi connectivity index (χ0) is 36.5. The van der Waals surface area contributed by atoms with E-state index in [9.17, 15) is 5.11 Å². The van der Waals surface area contributed by atoms with Gasteiger partial charge >= 0.3 is 0 Å². The van der Waals surface area contributed by atoms with Crippen molar-refractivity contribution in [3.63, 3.8) is 0 Å². The predicted octanol–water partition coefficient (Wildman–Crippen LogP) is 13.6. The molecule has 0 radical (unpaired) electrons. The normalized spacial score (nSPS) is 11.8. The lowest BCUT2D eigenvalue weighted by molar-refractivity contribution is 0.304. The van der Waals surface area contributed by atoms with E-state index in [4.69, 9.17) is 4.42 Å². The Kier molecular flexibility index (Phi) is 7.43. The number of nitrogens with zero attached hydrogens (tertiary/aromatic N) is 2. The second-order valence-corrected chi connectivity index (χ2v) is 14.3. The molecular formula is C50H38N2O2. The Bertz CT molecular complexity index is 3010. The smallest absolute Gasteiger partial charge is 0.159 e. The van der Waals surface area contributed by atoms with Crippen molar-refractivity contribution in [1.29, 1.82) is 0 Å². The van der Waals surface area contributed by atoms with Gasteiger partial charge in [-0.2, -0.15) is 0 Å². The molecule has 0 aliphatic rings. The maximum atomic E-state index is 10.9. The molecule has 0 aliphatic carbocycles. The Labute approximate surface area is 314 Å². The minimum Gasteiger partial charge on any atom is -0.453 e. The van der Waals surface area contributed by atoms with Crippen molar-refractivity contribution in [1.82, 2.24) is 0 Å². The van der Waals surface area contributed by atoms with E-state index in [1.165, 1.54) is 21.5 Å². The highest BCUT2D eigenvalue weighted by atomic mass is 16.3. The number of benzene rings is 9. The first-order valence-corrected chi connectivity index (χ1v) is 18.5. The van der Waals surface area contributed by atoms with Crippen molar-refractivity contribution in [2.75, 3.05) is 16.5 Å². The van der Waals surface area contributed by atoms with E-state index in [0.717, 1.165) is 89.0 Å². The first-order chi connectivity index (χ1) is 26.5. The van der Waals surface area contributed by atoms with Crippen LogP contribution >= 0.6 is 0 Å². The Balaban J connectivity index is 1.25. The molecular weight excluding hydrogens is 661 g/mol. The van der Waals surface area contributed by atoms with Gasteiger partial charge in [-0.15, -0.1) is 0 Å². The first kappa shape index (κ1) is 32.1. The zero-order valence-electron chi connectivity index (χ0n) is 30.5. The summed E-state index contributed by atoms with van der Waals surface area (Å²) in [6.45, 7) is 6.26. The lowest BCUT2D eigenvalue weighted by Gasteiger charge is -2.30. The summed E-state index contributed by atoms with van der Waals surface area (Å²) in [5.74, 6) is 0. The van der Waals surface area contributed by atoms with Gasteiger partial charge in [0.2, 0.25) is 0 Å². The molecule has 260 valence electrons. The molecule has 0 bridgehead atoms. The molecule has 10 rings (SSSR count). The molecule has 54 heavy (non-hydrogen) atoms. The van der Waals surface area contributed by atoms with E-state index < -0.39 is 0 Å². The van der Waals surface area contributed by atoms with Crippen LogP contribution in [-0.4, -0.2) is 11.8 Å². The van der Waals surface area contributed by atoms with Crippen molar-refractivity contribution < 1.29 is 9.52 Å². The van der Waals surface area contributed by atoms with Crippen molar-refractivity contribution in [3.05, 3.63) is 174 Å². The molecule has 9 aromatic carbocycles. The number of rotatable bonds is 7. The van der Waals surface area contributed by atoms with Crippen LogP contribution in [0.4, 0.5) is 28.4 Å². The third-order valence-electron chi connectivity index (χ3n) is 11.2. The van der Waals surface area contributed by atoms with E-state index in [-0.39, 0.29) is 6.73 Å². The molecule has 0 saturated carbocycles. The monoisotopic (exact) mass is 698 g/mol. The number of hydrogen-bond donors (Lipinski definition) is 1. The molecule has 0 spiro atoms. The molecule has 10 aromatic rings. The van der Waals surface area contributed by atoms with Gasteiger partial charge < -0.3 is 19.3 Å². The van der Waals surface area contributed by atoms with Gasteiger partial charge in [0, 0.05) is 38.5 Å². The fourth-order valence-electron chi connectivity index (χ4n) is 8.73. The topological polar surface area (TPSA) is 39.9 Å². The SMILES string of the molecule is Cc1ccccc1N(c1ccc2ccc3c(N(CO)c4c(C)cccc4C)ccc4ccc1c2c43)c1cccc2c1oc1c(-c3ccccc3)cccc12. The minimum absolute atomic E-state index is 0.129. The van der Waals surface area contributed by atoms with Gasteiger partial charge in [-0.1, -0.05) is 133 Å². The number of aryl methyl sites for hydroxylation is 3. The van der Waals surface area contributed by atoms with Gasteiger partial charge in [0.25, 0.3) is 0 Å². The summed E-state index contributed by atoms with van der Waals surface area (Å²) >= 11 is 0. The third kappa shape index (κ3) is 4.81. The van der Waals surface area contributed by atoms with Crippen LogP contribution in [0.1, 0.15) is 16.7 Å². The van der Waals surface area contributed by atoms with Crippen LogP contribution in [0, 0.1) is 20.8 Å². The number of fused-ring (bicyclic) bond motifs is 3. The summed E-state index contributed by atoms with van der Waals surface area (Å²) in [4.78, 5) is 4.43. The summed E-state index contributed by atoms with van der Waals surface area (Å²) in [6.07, 6.45) is 0. The standard InChI is InChI=1S/C50H38N2O2/c1-31-12-7-8-20-42(31)52(45-21-11-19-39-38-18-10-17-37(49(38)54-50(39)45)34-15-5-4-6-16-34)44-29-25-36-22-26-40-43(28-24-35-23-27-41(44)47(36)46(35)40)51(30-53)48-32(2)13-9-14-33(48)3/h4-29,53H,30H2,1-3H3. The highest BCUT2D eigenvalue weighted by Crippen LogP contribution is 2.49. The lowest BCUT2D eigenvalue weighted by Crippen LogP contribution is -2.20. The maximum Gasteiger partial charge on any atom is 0.159 e. The Morgan fingerprint density at radius 3 is 1.70 bits per heavy atom.